The molecular weight excluding hydrogens is 371 g/mol. The Balaban J connectivity index is 1.55. The normalized spacial score (nSPS) is 10.7. The number of nitrogens with zero attached hydrogens (tertiary/aromatic N) is 1. The fourth-order valence-corrected chi connectivity index (χ4v) is 2.71. The van der Waals surface area contributed by atoms with Crippen LogP contribution in [0.4, 0.5) is 10.1 Å². The van der Waals surface area contributed by atoms with Crippen molar-refractivity contribution in [2.75, 3.05) is 5.32 Å². The number of amides is 1. The topological polar surface area (TPSA) is 64.4 Å². The number of carbonyl (C=O) groups excluding carboxylic acids is 1. The van der Waals surface area contributed by atoms with E-state index in [9.17, 15) is 9.18 Å². The zero-order chi connectivity index (χ0) is 19.4. The van der Waals surface area contributed by atoms with Crippen LogP contribution in [0.25, 0.3) is 0 Å². The summed E-state index contributed by atoms with van der Waals surface area (Å²) in [6.45, 7) is 4.08. The molecule has 0 atom stereocenters. The predicted molar refractivity (Wildman–Crippen MR) is 100 cm³/mol. The van der Waals surface area contributed by atoms with Crippen molar-refractivity contribution in [3.05, 3.63) is 75.9 Å². The van der Waals surface area contributed by atoms with Crippen LogP contribution in [0.2, 0.25) is 5.02 Å². The fraction of sp³-hybridized carbons (Fsp3) is 0.200. The second-order valence-corrected chi connectivity index (χ2v) is 6.50. The number of aromatic nitrogens is 1. The van der Waals surface area contributed by atoms with E-state index in [0.717, 1.165) is 22.6 Å². The minimum Gasteiger partial charge on any atom is -0.489 e. The molecule has 7 heteroatoms. The maximum atomic E-state index is 13.2. The van der Waals surface area contributed by atoms with E-state index in [1.165, 1.54) is 18.2 Å². The number of carbonyl (C=O) groups is 1. The van der Waals surface area contributed by atoms with Gasteiger partial charge in [0.25, 0.3) is 0 Å². The first-order valence-electron chi connectivity index (χ1n) is 8.31. The molecular formula is C20H18ClFN2O3. The van der Waals surface area contributed by atoms with Gasteiger partial charge in [-0.15, -0.1) is 0 Å². The van der Waals surface area contributed by atoms with E-state index in [4.69, 9.17) is 20.9 Å². The van der Waals surface area contributed by atoms with E-state index in [1.54, 1.807) is 12.1 Å². The zero-order valence-corrected chi connectivity index (χ0v) is 15.6. The van der Waals surface area contributed by atoms with Crippen molar-refractivity contribution in [2.45, 2.75) is 26.9 Å². The van der Waals surface area contributed by atoms with Gasteiger partial charge in [0.2, 0.25) is 5.91 Å². The number of benzene rings is 2. The molecule has 0 bridgehead atoms. The molecule has 2 aromatic carbocycles. The van der Waals surface area contributed by atoms with Crippen molar-refractivity contribution in [3.8, 4) is 5.75 Å². The number of nitrogens with one attached hydrogen (secondary N) is 1. The Hall–Kier alpha value is -2.86. The van der Waals surface area contributed by atoms with Crippen molar-refractivity contribution in [1.29, 1.82) is 0 Å². The molecule has 0 unspecified atom stereocenters. The van der Waals surface area contributed by atoms with E-state index in [0.29, 0.717) is 18.0 Å². The molecule has 3 aromatic rings. The van der Waals surface area contributed by atoms with Gasteiger partial charge in [-0.1, -0.05) is 28.9 Å². The van der Waals surface area contributed by atoms with Crippen LogP contribution in [0, 0.1) is 19.7 Å². The van der Waals surface area contributed by atoms with Crippen molar-refractivity contribution >= 4 is 23.2 Å². The monoisotopic (exact) mass is 388 g/mol. The van der Waals surface area contributed by atoms with Gasteiger partial charge >= 0.3 is 0 Å². The lowest BCUT2D eigenvalue weighted by molar-refractivity contribution is -0.115. The molecule has 0 saturated heterocycles. The van der Waals surface area contributed by atoms with Gasteiger partial charge in [0.15, 0.2) is 0 Å². The van der Waals surface area contributed by atoms with Crippen LogP contribution in [-0.2, 0) is 17.8 Å². The lowest BCUT2D eigenvalue weighted by Crippen LogP contribution is -2.14. The minimum atomic E-state index is -0.526. The predicted octanol–water partition coefficient (Wildman–Crippen LogP) is 4.84. The lowest BCUT2D eigenvalue weighted by atomic mass is 10.1. The molecule has 140 valence electrons. The molecule has 1 heterocycles. The largest absolute Gasteiger partial charge is 0.489 e. The summed E-state index contributed by atoms with van der Waals surface area (Å²) in [5, 5.41) is 6.55. The molecule has 0 fully saturated rings. The Labute approximate surface area is 161 Å². The van der Waals surface area contributed by atoms with E-state index in [2.05, 4.69) is 10.5 Å². The van der Waals surface area contributed by atoms with Crippen LogP contribution < -0.4 is 10.1 Å². The maximum absolute atomic E-state index is 13.2. The Morgan fingerprint density at radius 3 is 2.59 bits per heavy atom. The SMILES string of the molecule is Cc1noc(C)c1COc1ccc(CC(=O)Nc2ccc(F)c(Cl)c2)cc1. The number of halogens is 2. The smallest absolute Gasteiger partial charge is 0.228 e. The Kier molecular flexibility index (Phi) is 5.76. The van der Waals surface area contributed by atoms with Crippen LogP contribution in [0.1, 0.15) is 22.6 Å². The van der Waals surface area contributed by atoms with Crippen molar-refractivity contribution in [1.82, 2.24) is 5.16 Å². The second-order valence-electron chi connectivity index (χ2n) is 6.09. The first-order valence-corrected chi connectivity index (χ1v) is 8.68. The van der Waals surface area contributed by atoms with Gasteiger partial charge in [-0.3, -0.25) is 4.79 Å². The molecule has 0 saturated carbocycles. The van der Waals surface area contributed by atoms with Gasteiger partial charge in [0, 0.05) is 5.69 Å². The summed E-state index contributed by atoms with van der Waals surface area (Å²) < 4.78 is 24.0. The lowest BCUT2D eigenvalue weighted by Gasteiger charge is -2.08. The average Bonchev–Trinajstić information content (AvgIpc) is 2.96. The number of rotatable bonds is 6. The summed E-state index contributed by atoms with van der Waals surface area (Å²) in [5.74, 6) is 0.676. The van der Waals surface area contributed by atoms with Crippen molar-refractivity contribution in [3.63, 3.8) is 0 Å². The van der Waals surface area contributed by atoms with Crippen LogP contribution in [0.3, 0.4) is 0 Å². The summed E-state index contributed by atoms with van der Waals surface area (Å²) in [7, 11) is 0. The third kappa shape index (κ3) is 4.86. The van der Waals surface area contributed by atoms with E-state index >= 15 is 0 Å². The summed E-state index contributed by atoms with van der Waals surface area (Å²) in [4.78, 5) is 12.1. The molecule has 1 amide bonds. The van der Waals surface area contributed by atoms with Crippen LogP contribution in [0.15, 0.2) is 47.0 Å². The van der Waals surface area contributed by atoms with Crippen molar-refractivity contribution in [2.24, 2.45) is 0 Å². The molecule has 27 heavy (non-hydrogen) atoms. The van der Waals surface area contributed by atoms with Crippen LogP contribution in [-0.4, -0.2) is 11.1 Å². The molecule has 0 aliphatic carbocycles. The van der Waals surface area contributed by atoms with Gasteiger partial charge in [0.1, 0.15) is 23.9 Å². The Morgan fingerprint density at radius 1 is 1.22 bits per heavy atom. The number of anilines is 1. The maximum Gasteiger partial charge on any atom is 0.228 e. The molecule has 0 aliphatic heterocycles. The summed E-state index contributed by atoms with van der Waals surface area (Å²) >= 11 is 5.71. The van der Waals surface area contributed by atoms with E-state index < -0.39 is 5.82 Å². The quantitative estimate of drug-likeness (QED) is 0.656. The summed E-state index contributed by atoms with van der Waals surface area (Å²) in [5.41, 5.74) is 3.01. The van der Waals surface area contributed by atoms with Gasteiger partial charge in [-0.05, 0) is 49.7 Å². The highest BCUT2D eigenvalue weighted by molar-refractivity contribution is 6.31. The van der Waals surface area contributed by atoms with Gasteiger partial charge in [-0.25, -0.2) is 4.39 Å². The molecule has 1 N–H and O–H groups in total. The zero-order valence-electron chi connectivity index (χ0n) is 14.9. The van der Waals surface area contributed by atoms with Gasteiger partial charge < -0.3 is 14.6 Å². The van der Waals surface area contributed by atoms with Gasteiger partial charge in [0.05, 0.1) is 22.7 Å². The first kappa shape index (κ1) is 18.9. The van der Waals surface area contributed by atoms with Crippen LogP contribution in [0.5, 0.6) is 5.75 Å². The Morgan fingerprint density at radius 2 is 1.96 bits per heavy atom. The minimum absolute atomic E-state index is 0.0346. The number of ether oxygens (including phenoxy) is 1. The van der Waals surface area contributed by atoms with Crippen molar-refractivity contribution < 1.29 is 18.4 Å². The second kappa shape index (κ2) is 8.22. The molecule has 0 spiro atoms. The van der Waals surface area contributed by atoms with E-state index in [1.807, 2.05) is 26.0 Å². The number of hydrogen-bond donors (Lipinski definition) is 1. The fourth-order valence-electron chi connectivity index (χ4n) is 2.53. The third-order valence-electron chi connectivity index (χ3n) is 4.06. The highest BCUT2D eigenvalue weighted by Crippen LogP contribution is 2.20. The standard InChI is InChI=1S/C20H18ClFN2O3/c1-12-17(13(2)27-24-12)11-26-16-6-3-14(4-7-16)9-20(25)23-15-5-8-19(22)18(21)10-15/h3-8,10H,9,11H2,1-2H3,(H,23,25). The number of aryl methyl sites for hydroxylation is 2. The van der Waals surface area contributed by atoms with Crippen LogP contribution >= 0.6 is 11.6 Å². The molecule has 5 nitrogen and oxygen atoms in total. The summed E-state index contributed by atoms with van der Waals surface area (Å²) in [6, 6.07) is 11.3. The Bertz CT molecular complexity index is 935. The number of hydrogen-bond acceptors (Lipinski definition) is 4. The molecule has 3 rings (SSSR count). The first-order chi connectivity index (χ1) is 12.9. The highest BCUT2D eigenvalue weighted by Gasteiger charge is 2.10. The van der Waals surface area contributed by atoms with E-state index in [-0.39, 0.29) is 17.4 Å². The average molecular weight is 389 g/mol. The highest BCUT2D eigenvalue weighted by atomic mass is 35.5. The molecule has 1 aromatic heterocycles. The third-order valence-corrected chi connectivity index (χ3v) is 4.35. The van der Waals surface area contributed by atoms with Gasteiger partial charge in [-0.2, -0.15) is 0 Å². The molecule has 0 aliphatic rings. The summed E-state index contributed by atoms with van der Waals surface area (Å²) in [6.07, 6.45) is 0.180. The molecule has 0 radical (unpaired) electrons.